The molecule has 0 aromatic heterocycles. The summed E-state index contributed by atoms with van der Waals surface area (Å²) in [5.74, 6) is -6.34. The number of phenols is 1. The normalized spacial score (nSPS) is 11.0. The second-order valence-corrected chi connectivity index (χ2v) is 4.34. The summed E-state index contributed by atoms with van der Waals surface area (Å²) < 4.78 is 58.1. The minimum atomic E-state index is -1.60. The first kappa shape index (κ1) is 16.6. The fourth-order valence-electron chi connectivity index (χ4n) is 1.75. The molecular weight excluding hydrogens is 316 g/mol. The van der Waals surface area contributed by atoms with Crippen molar-refractivity contribution in [3.05, 3.63) is 53.1 Å². The van der Waals surface area contributed by atoms with Gasteiger partial charge in [0, 0.05) is 11.6 Å². The molecule has 122 valence electrons. The molecular formula is C15H12F4N2O2. The van der Waals surface area contributed by atoms with E-state index in [1.54, 1.807) is 13.0 Å². The highest BCUT2D eigenvalue weighted by Gasteiger charge is 2.18. The predicted molar refractivity (Wildman–Crippen MR) is 76.8 cm³/mol. The van der Waals surface area contributed by atoms with Crippen LogP contribution in [0.3, 0.4) is 0 Å². The molecule has 0 aliphatic rings. The summed E-state index contributed by atoms with van der Waals surface area (Å²) in [5.41, 5.74) is 0.989. The van der Waals surface area contributed by atoms with Gasteiger partial charge in [-0.3, -0.25) is 5.43 Å². The Morgan fingerprint density at radius 2 is 1.83 bits per heavy atom. The number of hydrogen-bond donors (Lipinski definition) is 2. The van der Waals surface area contributed by atoms with Crippen LogP contribution in [0.1, 0.15) is 12.5 Å². The average Bonchev–Trinajstić information content (AvgIpc) is 2.52. The fourth-order valence-corrected chi connectivity index (χ4v) is 1.75. The van der Waals surface area contributed by atoms with Gasteiger partial charge in [0.05, 0.1) is 12.8 Å². The third-order valence-electron chi connectivity index (χ3n) is 2.82. The van der Waals surface area contributed by atoms with E-state index in [1.165, 1.54) is 12.1 Å². The van der Waals surface area contributed by atoms with Crippen LogP contribution in [-0.2, 0) is 0 Å². The van der Waals surface area contributed by atoms with Crippen molar-refractivity contribution in [2.75, 3.05) is 12.0 Å². The van der Waals surface area contributed by atoms with Gasteiger partial charge in [0.1, 0.15) is 5.69 Å². The largest absolute Gasteiger partial charge is 0.504 e. The minimum absolute atomic E-state index is 0.0942. The van der Waals surface area contributed by atoms with Crippen molar-refractivity contribution >= 4 is 11.9 Å². The first-order chi connectivity index (χ1) is 11.0. The first-order valence-electron chi connectivity index (χ1n) is 6.52. The lowest BCUT2D eigenvalue weighted by atomic mass is 10.2. The summed E-state index contributed by atoms with van der Waals surface area (Å²) in [6.07, 6.45) is 1.03. The van der Waals surface area contributed by atoms with Crippen molar-refractivity contribution in [2.24, 2.45) is 5.10 Å². The molecule has 0 saturated carbocycles. The van der Waals surface area contributed by atoms with Crippen molar-refractivity contribution in [1.82, 2.24) is 0 Å². The lowest BCUT2D eigenvalue weighted by molar-refractivity contribution is 0.318. The molecule has 0 fully saturated rings. The van der Waals surface area contributed by atoms with E-state index in [4.69, 9.17) is 4.74 Å². The maximum absolute atomic E-state index is 13.4. The number of hydrogen-bond acceptors (Lipinski definition) is 4. The van der Waals surface area contributed by atoms with Crippen molar-refractivity contribution in [2.45, 2.75) is 6.92 Å². The summed E-state index contributed by atoms with van der Waals surface area (Å²) in [6.45, 7) is 2.05. The summed E-state index contributed by atoms with van der Waals surface area (Å²) in [5, 5.41) is 13.4. The van der Waals surface area contributed by atoms with Crippen LogP contribution >= 0.6 is 0 Å². The summed E-state index contributed by atoms with van der Waals surface area (Å²) in [7, 11) is 0. The Morgan fingerprint density at radius 3 is 2.43 bits per heavy atom. The zero-order chi connectivity index (χ0) is 17.0. The number of hydrazone groups is 1. The molecule has 0 atom stereocenters. The first-order valence-corrected chi connectivity index (χ1v) is 6.52. The van der Waals surface area contributed by atoms with Gasteiger partial charge in [-0.05, 0) is 19.1 Å². The number of para-hydroxylation sites is 1. The van der Waals surface area contributed by atoms with Gasteiger partial charge >= 0.3 is 0 Å². The van der Waals surface area contributed by atoms with Crippen LogP contribution in [0.2, 0.25) is 0 Å². The van der Waals surface area contributed by atoms with Gasteiger partial charge in [-0.1, -0.05) is 6.07 Å². The van der Waals surface area contributed by atoms with E-state index < -0.39 is 29.0 Å². The van der Waals surface area contributed by atoms with Crippen LogP contribution in [0, 0.1) is 23.3 Å². The second kappa shape index (κ2) is 6.99. The van der Waals surface area contributed by atoms with Crippen molar-refractivity contribution < 1.29 is 27.4 Å². The Labute approximate surface area is 129 Å². The number of nitrogens with one attached hydrogen (secondary N) is 1. The van der Waals surface area contributed by atoms with Crippen LogP contribution in [-0.4, -0.2) is 17.9 Å². The van der Waals surface area contributed by atoms with Crippen LogP contribution in [0.15, 0.2) is 29.4 Å². The van der Waals surface area contributed by atoms with E-state index in [9.17, 15) is 22.7 Å². The molecule has 0 heterocycles. The van der Waals surface area contributed by atoms with E-state index in [0.29, 0.717) is 6.61 Å². The van der Waals surface area contributed by atoms with Gasteiger partial charge in [-0.15, -0.1) is 0 Å². The molecule has 0 amide bonds. The van der Waals surface area contributed by atoms with Crippen LogP contribution < -0.4 is 10.2 Å². The Morgan fingerprint density at radius 1 is 1.17 bits per heavy atom. The van der Waals surface area contributed by atoms with Crippen LogP contribution in [0.5, 0.6) is 11.5 Å². The highest BCUT2D eigenvalue weighted by molar-refractivity contribution is 5.85. The number of benzene rings is 2. The van der Waals surface area contributed by atoms with Gasteiger partial charge in [0.2, 0.25) is 0 Å². The van der Waals surface area contributed by atoms with Gasteiger partial charge < -0.3 is 9.84 Å². The lowest BCUT2D eigenvalue weighted by Crippen LogP contribution is -2.03. The van der Waals surface area contributed by atoms with E-state index >= 15 is 0 Å². The molecule has 4 nitrogen and oxygen atoms in total. The summed E-state index contributed by atoms with van der Waals surface area (Å²) in [4.78, 5) is 0. The number of aromatic hydroxyl groups is 1. The third-order valence-corrected chi connectivity index (χ3v) is 2.82. The van der Waals surface area contributed by atoms with E-state index in [2.05, 4.69) is 5.10 Å². The number of halogens is 4. The number of ether oxygens (including phenoxy) is 1. The zero-order valence-corrected chi connectivity index (χ0v) is 11.9. The maximum Gasteiger partial charge on any atom is 0.186 e. The molecule has 2 aromatic carbocycles. The molecule has 23 heavy (non-hydrogen) atoms. The smallest absolute Gasteiger partial charge is 0.186 e. The van der Waals surface area contributed by atoms with Crippen LogP contribution in [0.4, 0.5) is 23.2 Å². The van der Waals surface area contributed by atoms with E-state index in [1.807, 2.05) is 5.43 Å². The monoisotopic (exact) mass is 328 g/mol. The Hall–Kier alpha value is -2.77. The number of rotatable bonds is 5. The number of anilines is 1. The molecule has 0 spiro atoms. The van der Waals surface area contributed by atoms with Crippen LogP contribution in [0.25, 0.3) is 0 Å². The molecule has 2 N–H and O–H groups in total. The molecule has 0 bridgehead atoms. The summed E-state index contributed by atoms with van der Waals surface area (Å²) in [6, 6.07) is 4.64. The Kier molecular flexibility index (Phi) is 5.05. The lowest BCUT2D eigenvalue weighted by Gasteiger charge is -2.08. The predicted octanol–water partition coefficient (Wildman–Crippen LogP) is 3.79. The quantitative estimate of drug-likeness (QED) is 0.380. The molecule has 2 aromatic rings. The van der Waals surface area contributed by atoms with Gasteiger partial charge in [-0.25, -0.2) is 17.6 Å². The maximum atomic E-state index is 13.4. The molecule has 0 aliphatic carbocycles. The van der Waals surface area contributed by atoms with Crippen molar-refractivity contribution in [1.29, 1.82) is 0 Å². The second-order valence-electron chi connectivity index (χ2n) is 4.34. The number of nitrogens with zero attached hydrogens (tertiary/aromatic N) is 1. The summed E-state index contributed by atoms with van der Waals surface area (Å²) >= 11 is 0. The Bertz CT molecular complexity index is 724. The Balaban J connectivity index is 2.25. The van der Waals surface area contributed by atoms with Gasteiger partial charge in [0.25, 0.3) is 0 Å². The number of phenolic OH excluding ortho intramolecular Hbond substituents is 1. The zero-order valence-electron chi connectivity index (χ0n) is 11.9. The SMILES string of the molecule is CCOc1cccc(C=NNc2c(F)c(F)cc(F)c2F)c1O. The van der Waals surface area contributed by atoms with E-state index in [0.717, 1.165) is 6.21 Å². The van der Waals surface area contributed by atoms with Crippen molar-refractivity contribution in [3.8, 4) is 11.5 Å². The van der Waals surface area contributed by atoms with Crippen molar-refractivity contribution in [3.63, 3.8) is 0 Å². The molecule has 8 heteroatoms. The molecule has 0 saturated heterocycles. The fraction of sp³-hybridized carbons (Fsp3) is 0.133. The third kappa shape index (κ3) is 3.53. The minimum Gasteiger partial charge on any atom is -0.504 e. The molecule has 0 aliphatic heterocycles. The standard InChI is InChI=1S/C15H12F4N2O2/c1-2-23-11-5-3-4-8(15(11)22)7-20-21-14-12(18)9(16)6-10(17)13(14)19/h3-7,21-22H,2H2,1H3. The highest BCUT2D eigenvalue weighted by atomic mass is 19.2. The average molecular weight is 328 g/mol. The van der Waals surface area contributed by atoms with E-state index in [-0.39, 0.29) is 23.1 Å². The molecule has 0 radical (unpaired) electrons. The highest BCUT2D eigenvalue weighted by Crippen LogP contribution is 2.29. The molecule has 2 rings (SSSR count). The topological polar surface area (TPSA) is 53.8 Å². The molecule has 0 unspecified atom stereocenters. The van der Waals surface area contributed by atoms with Gasteiger partial charge in [0.15, 0.2) is 34.8 Å². The van der Waals surface area contributed by atoms with Gasteiger partial charge in [-0.2, -0.15) is 5.10 Å².